The van der Waals surface area contributed by atoms with Crippen LogP contribution < -0.4 is 10.1 Å². The molecule has 0 radical (unpaired) electrons. The molecule has 1 aliphatic heterocycles. The molecule has 1 aromatic carbocycles. The van der Waals surface area contributed by atoms with Gasteiger partial charge in [-0.1, -0.05) is 24.3 Å². The van der Waals surface area contributed by atoms with Gasteiger partial charge in [-0.15, -0.1) is 0 Å². The lowest BCUT2D eigenvalue weighted by atomic mass is 10.0. The van der Waals surface area contributed by atoms with Crippen LogP contribution in [0.3, 0.4) is 0 Å². The fraction of sp³-hybridized carbons (Fsp3) is 0.263. The van der Waals surface area contributed by atoms with Crippen molar-refractivity contribution in [2.45, 2.75) is 18.6 Å². The Balaban J connectivity index is 1.50. The molecule has 6 heteroatoms. The quantitative estimate of drug-likeness (QED) is 0.792. The van der Waals surface area contributed by atoms with Crippen LogP contribution in [0.15, 0.2) is 59.3 Å². The molecule has 2 aromatic heterocycles. The maximum Gasteiger partial charge on any atom is 0.255 e. The van der Waals surface area contributed by atoms with Gasteiger partial charge < -0.3 is 19.2 Å². The summed E-state index contributed by atoms with van der Waals surface area (Å²) < 4.78 is 16.9. The van der Waals surface area contributed by atoms with Crippen LogP contribution in [0.2, 0.25) is 0 Å². The van der Waals surface area contributed by atoms with Crippen molar-refractivity contribution in [2.24, 2.45) is 0 Å². The van der Waals surface area contributed by atoms with Crippen LogP contribution in [0.25, 0.3) is 11.0 Å². The van der Waals surface area contributed by atoms with Crippen molar-refractivity contribution in [3.8, 4) is 5.88 Å². The maximum absolute atomic E-state index is 12.7. The van der Waals surface area contributed by atoms with E-state index >= 15 is 0 Å². The number of benzene rings is 1. The second-order valence-corrected chi connectivity index (χ2v) is 5.91. The zero-order valence-corrected chi connectivity index (χ0v) is 13.6. The minimum atomic E-state index is -0.286. The van der Waals surface area contributed by atoms with E-state index in [0.29, 0.717) is 36.7 Å². The van der Waals surface area contributed by atoms with E-state index in [1.54, 1.807) is 12.3 Å². The van der Waals surface area contributed by atoms with Crippen molar-refractivity contribution in [2.75, 3.05) is 13.2 Å². The normalized spacial score (nSPS) is 20.3. The predicted octanol–water partition coefficient (Wildman–Crippen LogP) is 2.79. The number of hydrogen-bond donors (Lipinski definition) is 1. The van der Waals surface area contributed by atoms with E-state index in [1.165, 1.54) is 6.26 Å². The second kappa shape index (κ2) is 6.94. The lowest BCUT2D eigenvalue weighted by molar-refractivity contribution is -0.0152. The molecular formula is C19H18N2O4. The molecule has 0 spiro atoms. The Morgan fingerprint density at radius 3 is 2.96 bits per heavy atom. The van der Waals surface area contributed by atoms with E-state index in [0.717, 1.165) is 5.39 Å². The highest BCUT2D eigenvalue weighted by Gasteiger charge is 2.30. The molecule has 0 unspecified atom stereocenters. The molecule has 1 amide bonds. The summed E-state index contributed by atoms with van der Waals surface area (Å²) in [6.07, 6.45) is 3.56. The molecule has 128 valence electrons. The fourth-order valence-corrected chi connectivity index (χ4v) is 2.96. The number of nitrogens with one attached hydrogen (secondary N) is 1. The summed E-state index contributed by atoms with van der Waals surface area (Å²) in [5.41, 5.74) is 1.22. The highest BCUT2D eigenvalue weighted by molar-refractivity contribution is 6.06. The summed E-state index contributed by atoms with van der Waals surface area (Å²) in [5.74, 6) is 0.345. The number of carbonyl (C=O) groups excluding carboxylic acids is 1. The molecule has 25 heavy (non-hydrogen) atoms. The average Bonchev–Trinajstić information content (AvgIpc) is 3.08. The van der Waals surface area contributed by atoms with Crippen LogP contribution in [0.5, 0.6) is 5.88 Å². The Kier molecular flexibility index (Phi) is 4.35. The van der Waals surface area contributed by atoms with Gasteiger partial charge in [0.05, 0.1) is 18.2 Å². The topological polar surface area (TPSA) is 73.6 Å². The number of furan rings is 1. The number of pyridine rings is 1. The Bertz CT molecular complexity index is 862. The highest BCUT2D eigenvalue weighted by atomic mass is 16.5. The van der Waals surface area contributed by atoms with Gasteiger partial charge in [0.15, 0.2) is 0 Å². The van der Waals surface area contributed by atoms with Crippen molar-refractivity contribution in [1.82, 2.24) is 10.3 Å². The number of fused-ring (bicyclic) bond motifs is 1. The number of aromatic nitrogens is 1. The smallest absolute Gasteiger partial charge is 0.255 e. The Labute approximate surface area is 144 Å². The SMILES string of the molecule is O=C(N[C@@H]1CCOC[C@H]1Oc1ccccn1)c1coc2ccccc12. The van der Waals surface area contributed by atoms with Crippen LogP contribution in [0.4, 0.5) is 0 Å². The van der Waals surface area contributed by atoms with Gasteiger partial charge in [-0.3, -0.25) is 4.79 Å². The minimum Gasteiger partial charge on any atom is -0.470 e. The maximum atomic E-state index is 12.7. The number of carbonyl (C=O) groups is 1. The molecule has 0 aliphatic carbocycles. The summed E-state index contributed by atoms with van der Waals surface area (Å²) in [7, 11) is 0. The monoisotopic (exact) mass is 338 g/mol. The van der Waals surface area contributed by atoms with Gasteiger partial charge >= 0.3 is 0 Å². The van der Waals surface area contributed by atoms with Gasteiger partial charge in [-0.05, 0) is 18.6 Å². The van der Waals surface area contributed by atoms with E-state index in [-0.39, 0.29) is 18.1 Å². The van der Waals surface area contributed by atoms with Crippen LogP contribution in [-0.4, -0.2) is 36.3 Å². The molecule has 1 aliphatic rings. The average molecular weight is 338 g/mol. The van der Waals surface area contributed by atoms with Crippen molar-refractivity contribution >= 4 is 16.9 Å². The van der Waals surface area contributed by atoms with Gasteiger partial charge in [0, 0.05) is 24.3 Å². The van der Waals surface area contributed by atoms with E-state index < -0.39 is 0 Å². The zero-order chi connectivity index (χ0) is 17.1. The Morgan fingerprint density at radius 1 is 1.20 bits per heavy atom. The van der Waals surface area contributed by atoms with Gasteiger partial charge in [-0.2, -0.15) is 0 Å². The molecule has 3 aromatic rings. The van der Waals surface area contributed by atoms with Crippen LogP contribution in [0.1, 0.15) is 16.8 Å². The molecule has 0 bridgehead atoms. The van der Waals surface area contributed by atoms with E-state index in [1.807, 2.05) is 36.4 Å². The van der Waals surface area contributed by atoms with Crippen LogP contribution >= 0.6 is 0 Å². The second-order valence-electron chi connectivity index (χ2n) is 5.91. The number of amides is 1. The number of nitrogens with zero attached hydrogens (tertiary/aromatic N) is 1. The standard InChI is InChI=1S/C19H18N2O4/c22-19(14-11-24-16-6-2-1-5-13(14)16)21-15-8-10-23-12-17(15)25-18-7-3-4-9-20-18/h1-7,9,11,15,17H,8,10,12H2,(H,21,22)/t15-,17-/m1/s1. The molecule has 4 rings (SSSR count). The minimum absolute atomic E-state index is 0.156. The molecule has 1 fully saturated rings. The fourth-order valence-electron chi connectivity index (χ4n) is 2.96. The predicted molar refractivity (Wildman–Crippen MR) is 91.6 cm³/mol. The molecule has 6 nitrogen and oxygen atoms in total. The first-order valence-electron chi connectivity index (χ1n) is 8.24. The number of para-hydroxylation sites is 1. The van der Waals surface area contributed by atoms with E-state index in [2.05, 4.69) is 10.3 Å². The summed E-state index contributed by atoms with van der Waals surface area (Å²) in [6, 6.07) is 12.8. The molecule has 1 N–H and O–H groups in total. The lowest BCUT2D eigenvalue weighted by Gasteiger charge is -2.31. The van der Waals surface area contributed by atoms with Crippen molar-refractivity contribution in [3.05, 3.63) is 60.5 Å². The number of hydrogen-bond acceptors (Lipinski definition) is 5. The molecular weight excluding hydrogens is 320 g/mol. The first kappa shape index (κ1) is 15.7. The summed E-state index contributed by atoms with van der Waals surface area (Å²) in [5, 5.41) is 3.85. The van der Waals surface area contributed by atoms with Gasteiger partial charge in [0.1, 0.15) is 18.0 Å². The molecule has 1 saturated heterocycles. The summed E-state index contributed by atoms with van der Waals surface area (Å²) >= 11 is 0. The third kappa shape index (κ3) is 3.34. The Morgan fingerprint density at radius 2 is 2.08 bits per heavy atom. The van der Waals surface area contributed by atoms with Crippen molar-refractivity contribution in [3.63, 3.8) is 0 Å². The van der Waals surface area contributed by atoms with Gasteiger partial charge in [-0.25, -0.2) is 4.98 Å². The van der Waals surface area contributed by atoms with Crippen LogP contribution in [-0.2, 0) is 4.74 Å². The van der Waals surface area contributed by atoms with Crippen molar-refractivity contribution < 1.29 is 18.7 Å². The van der Waals surface area contributed by atoms with E-state index in [4.69, 9.17) is 13.9 Å². The van der Waals surface area contributed by atoms with Gasteiger partial charge in [0.2, 0.25) is 5.88 Å². The first-order chi connectivity index (χ1) is 12.3. The van der Waals surface area contributed by atoms with Crippen LogP contribution in [0, 0.1) is 0 Å². The van der Waals surface area contributed by atoms with E-state index in [9.17, 15) is 4.79 Å². The third-order valence-corrected chi connectivity index (χ3v) is 4.26. The summed E-state index contributed by atoms with van der Waals surface area (Å²) in [4.78, 5) is 16.9. The Hall–Kier alpha value is -2.86. The highest BCUT2D eigenvalue weighted by Crippen LogP contribution is 2.22. The largest absolute Gasteiger partial charge is 0.470 e. The lowest BCUT2D eigenvalue weighted by Crippen LogP contribution is -2.51. The molecule has 2 atom stereocenters. The van der Waals surface area contributed by atoms with Gasteiger partial charge in [0.25, 0.3) is 5.91 Å². The van der Waals surface area contributed by atoms with Crippen molar-refractivity contribution in [1.29, 1.82) is 0 Å². The molecule has 3 heterocycles. The number of rotatable bonds is 4. The molecule has 0 saturated carbocycles. The zero-order valence-electron chi connectivity index (χ0n) is 13.6. The summed E-state index contributed by atoms with van der Waals surface area (Å²) in [6.45, 7) is 0.993. The third-order valence-electron chi connectivity index (χ3n) is 4.26. The number of ether oxygens (including phenoxy) is 2. The first-order valence-corrected chi connectivity index (χ1v) is 8.24.